The van der Waals surface area contributed by atoms with Gasteiger partial charge in [-0.15, -0.1) is 11.3 Å². The number of anilines is 1. The highest BCUT2D eigenvalue weighted by Crippen LogP contribution is 2.21. The van der Waals surface area contributed by atoms with Crippen LogP contribution < -0.4 is 5.73 Å². The highest BCUT2D eigenvalue weighted by molar-refractivity contribution is 7.15. The molecule has 112 valence electrons. The van der Waals surface area contributed by atoms with Crippen LogP contribution in [0.25, 0.3) is 0 Å². The molecule has 0 saturated carbocycles. The Bertz CT molecular complexity index is 467. The van der Waals surface area contributed by atoms with E-state index in [1.807, 2.05) is 20.0 Å². The molecule has 6 nitrogen and oxygen atoms in total. The molecule has 0 aliphatic carbocycles. The number of rotatable bonds is 4. The zero-order valence-corrected chi connectivity index (χ0v) is 13.1. The molecule has 0 atom stereocenters. The summed E-state index contributed by atoms with van der Waals surface area (Å²) in [5, 5.41) is 0.616. The Labute approximate surface area is 123 Å². The van der Waals surface area contributed by atoms with Crippen molar-refractivity contribution in [3.63, 3.8) is 0 Å². The minimum absolute atomic E-state index is 0.179. The van der Waals surface area contributed by atoms with E-state index in [0.717, 1.165) is 32.7 Å². The molecule has 0 amide bonds. The largest absolute Gasteiger partial charge is 0.468 e. The van der Waals surface area contributed by atoms with Crippen LogP contribution in [0, 0.1) is 0 Å². The number of carbonyl (C=O) groups is 1. The van der Waals surface area contributed by atoms with E-state index in [-0.39, 0.29) is 5.97 Å². The summed E-state index contributed by atoms with van der Waals surface area (Å²) in [6.07, 6.45) is 1.84. The maximum Gasteiger partial charge on any atom is 0.325 e. The highest BCUT2D eigenvalue weighted by Gasteiger charge is 2.37. The first-order valence-corrected chi connectivity index (χ1v) is 7.51. The first kappa shape index (κ1) is 15.2. The summed E-state index contributed by atoms with van der Waals surface area (Å²) >= 11 is 1.53. The number of thiazole rings is 1. The Morgan fingerprint density at radius 3 is 2.60 bits per heavy atom. The number of ether oxygens (including phenoxy) is 1. The molecule has 2 heterocycles. The van der Waals surface area contributed by atoms with E-state index in [4.69, 9.17) is 10.5 Å². The summed E-state index contributed by atoms with van der Waals surface area (Å²) < 4.78 is 4.88. The van der Waals surface area contributed by atoms with E-state index in [1.165, 1.54) is 23.3 Å². The van der Waals surface area contributed by atoms with Crippen molar-refractivity contribution in [2.75, 3.05) is 39.0 Å². The summed E-state index contributed by atoms with van der Waals surface area (Å²) in [7, 11) is 1.44. The smallest absolute Gasteiger partial charge is 0.325 e. The van der Waals surface area contributed by atoms with Gasteiger partial charge < -0.3 is 10.5 Å². The van der Waals surface area contributed by atoms with Crippen molar-refractivity contribution in [3.8, 4) is 0 Å². The van der Waals surface area contributed by atoms with Crippen molar-refractivity contribution in [1.82, 2.24) is 14.8 Å². The molecule has 1 saturated heterocycles. The lowest BCUT2D eigenvalue weighted by atomic mass is 10.0. The highest BCUT2D eigenvalue weighted by atomic mass is 32.1. The van der Waals surface area contributed by atoms with Gasteiger partial charge in [0, 0.05) is 43.8 Å². The number of nitrogens with zero attached hydrogens (tertiary/aromatic N) is 3. The van der Waals surface area contributed by atoms with Crippen LogP contribution in [0.2, 0.25) is 0 Å². The molecule has 0 aromatic carbocycles. The maximum absolute atomic E-state index is 11.8. The minimum Gasteiger partial charge on any atom is -0.468 e. The molecule has 20 heavy (non-hydrogen) atoms. The fourth-order valence-corrected chi connectivity index (χ4v) is 3.19. The molecular formula is C13H22N4O2S. The second-order valence-electron chi connectivity index (χ2n) is 5.48. The third kappa shape index (κ3) is 3.28. The van der Waals surface area contributed by atoms with Crippen LogP contribution in [0.4, 0.5) is 5.13 Å². The lowest BCUT2D eigenvalue weighted by Gasteiger charge is -2.42. The molecular weight excluding hydrogens is 276 g/mol. The van der Waals surface area contributed by atoms with Crippen molar-refractivity contribution < 1.29 is 9.53 Å². The number of esters is 1. The molecule has 0 bridgehead atoms. The number of hydrogen-bond acceptors (Lipinski definition) is 7. The quantitative estimate of drug-likeness (QED) is 0.829. The average Bonchev–Trinajstić information content (AvgIpc) is 2.83. The van der Waals surface area contributed by atoms with E-state index in [1.54, 1.807) is 0 Å². The zero-order chi connectivity index (χ0) is 14.8. The monoisotopic (exact) mass is 298 g/mol. The van der Waals surface area contributed by atoms with Gasteiger partial charge in [-0.3, -0.25) is 14.6 Å². The number of aromatic nitrogens is 1. The molecule has 1 aromatic rings. The molecule has 2 N–H and O–H groups in total. The summed E-state index contributed by atoms with van der Waals surface area (Å²) in [6, 6.07) is 0. The molecule has 0 radical (unpaired) electrons. The van der Waals surface area contributed by atoms with Crippen molar-refractivity contribution >= 4 is 22.4 Å². The van der Waals surface area contributed by atoms with Crippen molar-refractivity contribution in [1.29, 1.82) is 0 Å². The predicted octanol–water partition coefficient (Wildman–Crippen LogP) is 0.794. The number of carbonyl (C=O) groups excluding carboxylic acids is 1. The Morgan fingerprint density at radius 2 is 2.10 bits per heavy atom. The van der Waals surface area contributed by atoms with Crippen LogP contribution in [-0.2, 0) is 16.1 Å². The molecule has 1 aliphatic heterocycles. The number of nitrogens with two attached hydrogens (primary N) is 1. The van der Waals surface area contributed by atoms with Gasteiger partial charge in [-0.2, -0.15) is 0 Å². The first-order chi connectivity index (χ1) is 9.43. The lowest BCUT2D eigenvalue weighted by Crippen LogP contribution is -2.57. The van der Waals surface area contributed by atoms with Crippen molar-refractivity contribution in [2.45, 2.75) is 25.9 Å². The Balaban J connectivity index is 1.87. The van der Waals surface area contributed by atoms with Gasteiger partial charge in [0.05, 0.1) is 7.11 Å². The summed E-state index contributed by atoms with van der Waals surface area (Å²) in [5.41, 5.74) is 5.08. The maximum atomic E-state index is 11.8. The lowest BCUT2D eigenvalue weighted by molar-refractivity contribution is -0.154. The van der Waals surface area contributed by atoms with Gasteiger partial charge in [0.15, 0.2) is 5.13 Å². The molecule has 7 heteroatoms. The molecule has 1 aliphatic rings. The molecule has 0 unspecified atom stereocenters. The SMILES string of the molecule is COC(=O)C(C)(C)N1CCN(Cc2cnc(N)s2)CC1. The summed E-state index contributed by atoms with van der Waals surface area (Å²) in [4.78, 5) is 21.6. The van der Waals surface area contributed by atoms with Gasteiger partial charge >= 0.3 is 5.97 Å². The van der Waals surface area contributed by atoms with E-state index >= 15 is 0 Å². The van der Waals surface area contributed by atoms with Gasteiger partial charge in [-0.25, -0.2) is 4.98 Å². The number of hydrogen-bond donors (Lipinski definition) is 1. The standard InChI is InChI=1S/C13H22N4O2S/c1-13(2,11(18)19-3)17-6-4-16(5-7-17)9-10-8-15-12(14)20-10/h8H,4-7,9H2,1-3H3,(H2,14,15). The fourth-order valence-electron chi connectivity index (χ4n) is 2.46. The minimum atomic E-state index is -0.560. The van der Waals surface area contributed by atoms with Crippen molar-refractivity contribution in [3.05, 3.63) is 11.1 Å². The number of nitrogen functional groups attached to an aromatic ring is 1. The van der Waals surface area contributed by atoms with Gasteiger partial charge in [0.25, 0.3) is 0 Å². The van der Waals surface area contributed by atoms with Gasteiger partial charge in [-0.05, 0) is 13.8 Å². The van der Waals surface area contributed by atoms with Crippen LogP contribution in [0.15, 0.2) is 6.20 Å². The molecule has 1 aromatic heterocycles. The summed E-state index contributed by atoms with van der Waals surface area (Å²) in [5.74, 6) is -0.179. The van der Waals surface area contributed by atoms with Crippen molar-refractivity contribution in [2.24, 2.45) is 0 Å². The Morgan fingerprint density at radius 1 is 1.45 bits per heavy atom. The zero-order valence-electron chi connectivity index (χ0n) is 12.3. The van der Waals surface area contributed by atoms with Gasteiger partial charge in [0.1, 0.15) is 5.54 Å². The van der Waals surface area contributed by atoms with E-state index in [0.29, 0.717) is 5.13 Å². The van der Waals surface area contributed by atoms with E-state index < -0.39 is 5.54 Å². The van der Waals surface area contributed by atoms with Crippen LogP contribution in [0.3, 0.4) is 0 Å². The van der Waals surface area contributed by atoms with Crippen LogP contribution >= 0.6 is 11.3 Å². The van der Waals surface area contributed by atoms with Gasteiger partial charge in [0.2, 0.25) is 0 Å². The number of piperazine rings is 1. The molecule has 1 fully saturated rings. The Kier molecular flexibility index (Phi) is 4.62. The number of methoxy groups -OCH3 is 1. The normalized spacial score (nSPS) is 18.1. The topological polar surface area (TPSA) is 71.7 Å². The van der Waals surface area contributed by atoms with Crippen LogP contribution in [0.1, 0.15) is 18.7 Å². The molecule has 0 spiro atoms. The third-order valence-corrected chi connectivity index (χ3v) is 4.61. The second-order valence-corrected chi connectivity index (χ2v) is 6.63. The third-order valence-electron chi connectivity index (χ3n) is 3.80. The van der Waals surface area contributed by atoms with E-state index in [2.05, 4.69) is 14.8 Å². The van der Waals surface area contributed by atoms with Crippen LogP contribution in [-0.4, -0.2) is 59.6 Å². The Hall–Kier alpha value is -1.18. The predicted molar refractivity (Wildman–Crippen MR) is 79.5 cm³/mol. The molecule has 2 rings (SSSR count). The van der Waals surface area contributed by atoms with Crippen LogP contribution in [0.5, 0.6) is 0 Å². The second kappa shape index (κ2) is 6.07. The van der Waals surface area contributed by atoms with Gasteiger partial charge in [-0.1, -0.05) is 0 Å². The summed E-state index contributed by atoms with van der Waals surface area (Å²) in [6.45, 7) is 8.28. The first-order valence-electron chi connectivity index (χ1n) is 6.69. The average molecular weight is 298 g/mol. The fraction of sp³-hybridized carbons (Fsp3) is 0.692. The van der Waals surface area contributed by atoms with E-state index in [9.17, 15) is 4.79 Å².